The fraction of sp³-hybridized carbons (Fsp3) is 0.500. The number of aryl methyl sites for hydroxylation is 2. The summed E-state index contributed by atoms with van der Waals surface area (Å²) in [6.07, 6.45) is 0. The summed E-state index contributed by atoms with van der Waals surface area (Å²) in [5.41, 5.74) is 2.42. The number of fused-ring (bicyclic) bond motifs is 1. The van der Waals surface area contributed by atoms with Crippen molar-refractivity contribution in [2.45, 2.75) is 40.7 Å². The minimum atomic E-state index is -0.108. The van der Waals surface area contributed by atoms with Crippen LogP contribution in [0.1, 0.15) is 42.5 Å². The van der Waals surface area contributed by atoms with Gasteiger partial charge in [0, 0.05) is 11.7 Å². The van der Waals surface area contributed by atoms with Crippen LogP contribution in [-0.4, -0.2) is 22.1 Å². The Morgan fingerprint density at radius 2 is 2.00 bits per heavy atom. The van der Waals surface area contributed by atoms with Crippen molar-refractivity contribution in [3.8, 4) is 0 Å². The minimum absolute atomic E-state index is 0.108. The van der Waals surface area contributed by atoms with Gasteiger partial charge in [0.25, 0.3) is 11.6 Å². The number of hydrogen-bond donors (Lipinski definition) is 1. The van der Waals surface area contributed by atoms with E-state index in [0.29, 0.717) is 28.3 Å². The number of amides is 1. The molecule has 0 bridgehead atoms. The molecule has 0 aliphatic heterocycles. The van der Waals surface area contributed by atoms with Crippen molar-refractivity contribution in [3.63, 3.8) is 0 Å². The summed E-state index contributed by atoms with van der Waals surface area (Å²) in [4.78, 5) is 16.6. The van der Waals surface area contributed by atoms with Gasteiger partial charge in [-0.25, -0.2) is 4.98 Å². The number of hydrogen-bond acceptors (Lipinski definition) is 4. The van der Waals surface area contributed by atoms with Crippen LogP contribution in [0.5, 0.6) is 0 Å². The molecule has 19 heavy (non-hydrogen) atoms. The van der Waals surface area contributed by atoms with Gasteiger partial charge in [-0.1, -0.05) is 19.0 Å². The monoisotopic (exact) mass is 261 g/mol. The van der Waals surface area contributed by atoms with Gasteiger partial charge in [-0.15, -0.1) is 0 Å². The van der Waals surface area contributed by atoms with E-state index in [-0.39, 0.29) is 11.9 Å². The average Bonchev–Trinajstić information content (AvgIpc) is 2.69. The number of carbonyl (C=O) groups is 1. The Balaban J connectivity index is 2.44. The topological polar surface area (TPSA) is 68.0 Å². The maximum atomic E-state index is 12.4. The van der Waals surface area contributed by atoms with E-state index < -0.39 is 0 Å². The molecule has 0 fully saturated rings. The fourth-order valence-electron chi connectivity index (χ4n) is 1.85. The predicted octanol–water partition coefficient (Wildman–Crippen LogP) is 2.61. The normalized spacial score (nSPS) is 12.9. The quantitative estimate of drug-likeness (QED) is 0.922. The van der Waals surface area contributed by atoms with Crippen LogP contribution in [-0.2, 0) is 0 Å². The van der Waals surface area contributed by atoms with E-state index in [4.69, 9.17) is 4.52 Å². The van der Waals surface area contributed by atoms with Crippen molar-refractivity contribution in [2.75, 3.05) is 0 Å². The van der Waals surface area contributed by atoms with Crippen LogP contribution in [0.4, 0.5) is 0 Å². The Bertz CT molecular complexity index is 616. The van der Waals surface area contributed by atoms with Gasteiger partial charge in [-0.05, 0) is 32.8 Å². The summed E-state index contributed by atoms with van der Waals surface area (Å²) in [7, 11) is 0. The maximum absolute atomic E-state index is 12.4. The summed E-state index contributed by atoms with van der Waals surface area (Å²) < 4.78 is 5.13. The Hall–Kier alpha value is -1.91. The molecule has 0 spiro atoms. The molecule has 5 nitrogen and oxygen atoms in total. The molecule has 1 amide bonds. The standard InChI is InChI=1S/C14H19N3O2/c1-7(2)9(4)16-13(18)11-6-8(3)15-14-12(11)10(5)17-19-14/h6-7,9H,1-5H3,(H,16,18). The predicted molar refractivity (Wildman–Crippen MR) is 73.0 cm³/mol. The number of nitrogens with one attached hydrogen (secondary N) is 1. The van der Waals surface area contributed by atoms with Crippen molar-refractivity contribution in [3.05, 3.63) is 23.0 Å². The van der Waals surface area contributed by atoms with E-state index in [1.54, 1.807) is 6.07 Å². The number of pyridine rings is 1. The second-order valence-corrected chi connectivity index (χ2v) is 5.27. The minimum Gasteiger partial charge on any atom is -0.349 e. The molecule has 5 heteroatoms. The van der Waals surface area contributed by atoms with E-state index in [0.717, 1.165) is 5.69 Å². The van der Waals surface area contributed by atoms with Crippen molar-refractivity contribution in [2.24, 2.45) is 5.92 Å². The Kier molecular flexibility index (Phi) is 3.55. The number of carbonyl (C=O) groups excluding carboxylic acids is 1. The highest BCUT2D eigenvalue weighted by molar-refractivity contribution is 6.06. The summed E-state index contributed by atoms with van der Waals surface area (Å²) >= 11 is 0. The first-order valence-corrected chi connectivity index (χ1v) is 6.44. The Morgan fingerprint density at radius 3 is 2.63 bits per heavy atom. The molecule has 0 saturated heterocycles. The summed E-state index contributed by atoms with van der Waals surface area (Å²) in [6, 6.07) is 1.88. The van der Waals surface area contributed by atoms with Crippen LogP contribution in [0.15, 0.2) is 10.6 Å². The van der Waals surface area contributed by atoms with Crippen LogP contribution in [0.3, 0.4) is 0 Å². The largest absolute Gasteiger partial charge is 0.349 e. The van der Waals surface area contributed by atoms with E-state index >= 15 is 0 Å². The highest BCUT2D eigenvalue weighted by Gasteiger charge is 2.19. The van der Waals surface area contributed by atoms with E-state index in [1.807, 2.05) is 20.8 Å². The molecule has 2 aromatic heterocycles. The molecule has 0 saturated carbocycles. The lowest BCUT2D eigenvalue weighted by molar-refractivity contribution is 0.0932. The van der Waals surface area contributed by atoms with Gasteiger partial charge in [0.1, 0.15) is 0 Å². The van der Waals surface area contributed by atoms with Gasteiger partial charge in [0.15, 0.2) is 0 Å². The lowest BCUT2D eigenvalue weighted by Gasteiger charge is -2.17. The number of aromatic nitrogens is 2. The average molecular weight is 261 g/mol. The maximum Gasteiger partial charge on any atom is 0.258 e. The molecule has 2 heterocycles. The number of rotatable bonds is 3. The summed E-state index contributed by atoms with van der Waals surface area (Å²) in [5, 5.41) is 7.57. The molecular formula is C14H19N3O2. The van der Waals surface area contributed by atoms with Crippen LogP contribution in [0.25, 0.3) is 11.1 Å². The summed E-state index contributed by atoms with van der Waals surface area (Å²) in [6.45, 7) is 9.78. The van der Waals surface area contributed by atoms with Crippen LogP contribution >= 0.6 is 0 Å². The third kappa shape index (κ3) is 2.59. The van der Waals surface area contributed by atoms with Gasteiger partial charge >= 0.3 is 0 Å². The van der Waals surface area contributed by atoms with Crippen molar-refractivity contribution in [1.82, 2.24) is 15.5 Å². The first-order valence-electron chi connectivity index (χ1n) is 6.44. The zero-order chi connectivity index (χ0) is 14.2. The van der Waals surface area contributed by atoms with Crippen molar-refractivity contribution >= 4 is 17.0 Å². The Morgan fingerprint density at radius 1 is 1.32 bits per heavy atom. The van der Waals surface area contributed by atoms with Gasteiger partial charge in [0.05, 0.1) is 16.6 Å². The SMILES string of the molecule is Cc1cc(C(=O)NC(C)C(C)C)c2c(C)noc2n1. The molecule has 0 aliphatic rings. The van der Waals surface area contributed by atoms with E-state index in [9.17, 15) is 4.79 Å². The van der Waals surface area contributed by atoms with Gasteiger partial charge in [0.2, 0.25) is 0 Å². The number of nitrogens with zero attached hydrogens (tertiary/aromatic N) is 2. The van der Waals surface area contributed by atoms with Gasteiger partial charge in [-0.3, -0.25) is 4.79 Å². The lowest BCUT2D eigenvalue weighted by Crippen LogP contribution is -2.36. The van der Waals surface area contributed by atoms with Crippen molar-refractivity contribution < 1.29 is 9.32 Å². The molecular weight excluding hydrogens is 242 g/mol. The van der Waals surface area contributed by atoms with E-state index in [2.05, 4.69) is 29.3 Å². The Labute approximate surface area is 112 Å². The molecule has 0 aliphatic carbocycles. The third-order valence-electron chi connectivity index (χ3n) is 3.35. The molecule has 102 valence electrons. The molecule has 1 atom stereocenters. The van der Waals surface area contributed by atoms with Crippen LogP contribution < -0.4 is 5.32 Å². The highest BCUT2D eigenvalue weighted by Crippen LogP contribution is 2.22. The smallest absolute Gasteiger partial charge is 0.258 e. The molecule has 1 unspecified atom stereocenters. The lowest BCUT2D eigenvalue weighted by atomic mass is 10.0. The molecule has 0 radical (unpaired) electrons. The third-order valence-corrected chi connectivity index (χ3v) is 3.35. The first-order chi connectivity index (χ1) is 8.90. The first kappa shape index (κ1) is 13.5. The van der Waals surface area contributed by atoms with Gasteiger partial charge in [-0.2, -0.15) is 0 Å². The second kappa shape index (κ2) is 4.99. The molecule has 2 aromatic rings. The second-order valence-electron chi connectivity index (χ2n) is 5.27. The molecule has 0 aromatic carbocycles. The van der Waals surface area contributed by atoms with Crippen LogP contribution in [0, 0.1) is 19.8 Å². The van der Waals surface area contributed by atoms with Gasteiger partial charge < -0.3 is 9.84 Å². The van der Waals surface area contributed by atoms with Crippen LogP contribution in [0.2, 0.25) is 0 Å². The highest BCUT2D eigenvalue weighted by atomic mass is 16.5. The molecule has 1 N–H and O–H groups in total. The zero-order valence-corrected chi connectivity index (χ0v) is 11.9. The van der Waals surface area contributed by atoms with E-state index in [1.165, 1.54) is 0 Å². The molecule has 2 rings (SSSR count). The zero-order valence-electron chi connectivity index (χ0n) is 11.9. The fourth-order valence-corrected chi connectivity index (χ4v) is 1.85. The van der Waals surface area contributed by atoms with Crippen molar-refractivity contribution in [1.29, 1.82) is 0 Å². The summed E-state index contributed by atoms with van der Waals surface area (Å²) in [5.74, 6) is 0.272.